The third kappa shape index (κ3) is 2.23. The highest BCUT2D eigenvalue weighted by atomic mass is 32.1. The Hall–Kier alpha value is -2.40. The molecule has 5 heteroatoms. The van der Waals surface area contributed by atoms with Crippen molar-refractivity contribution in [1.29, 1.82) is 0 Å². The normalized spacial score (nSPS) is 17.3. The molecule has 1 aliphatic rings. The van der Waals surface area contributed by atoms with E-state index >= 15 is 0 Å². The van der Waals surface area contributed by atoms with Crippen LogP contribution in [0, 0.1) is 0 Å². The second-order valence-corrected chi connectivity index (χ2v) is 6.28. The third-order valence-corrected chi connectivity index (χ3v) is 4.89. The summed E-state index contributed by atoms with van der Waals surface area (Å²) in [4.78, 5) is 20.0. The van der Waals surface area contributed by atoms with Crippen molar-refractivity contribution in [2.45, 2.75) is 19.1 Å². The van der Waals surface area contributed by atoms with Crippen LogP contribution in [0.15, 0.2) is 60.2 Å². The molecule has 1 atom stereocenters. The second-order valence-electron chi connectivity index (χ2n) is 5.33. The van der Waals surface area contributed by atoms with Gasteiger partial charge in [0, 0.05) is 18.9 Å². The monoisotopic (exact) mass is 309 g/mol. The summed E-state index contributed by atoms with van der Waals surface area (Å²) >= 11 is 1.49. The number of hydrogen-bond donors (Lipinski definition) is 0. The van der Waals surface area contributed by atoms with Gasteiger partial charge in [0.15, 0.2) is 0 Å². The molecule has 0 aliphatic carbocycles. The average molecular weight is 309 g/mol. The van der Waals surface area contributed by atoms with E-state index in [1.54, 1.807) is 6.20 Å². The van der Waals surface area contributed by atoms with Crippen LogP contribution in [0.25, 0.3) is 0 Å². The largest absolute Gasteiger partial charge is 0.331 e. The maximum absolute atomic E-state index is 12.9. The number of aromatic nitrogens is 2. The number of amides is 1. The summed E-state index contributed by atoms with van der Waals surface area (Å²) in [7, 11) is 0. The summed E-state index contributed by atoms with van der Waals surface area (Å²) in [5.41, 5.74) is 1.16. The second kappa shape index (κ2) is 5.42. The van der Waals surface area contributed by atoms with E-state index in [1.165, 1.54) is 11.3 Å². The van der Waals surface area contributed by atoms with E-state index in [2.05, 4.69) is 21.7 Å². The maximum Gasteiger partial charge on any atom is 0.264 e. The molecule has 110 valence electrons. The first-order valence-electron chi connectivity index (χ1n) is 7.22. The van der Waals surface area contributed by atoms with Gasteiger partial charge in [0.1, 0.15) is 5.82 Å². The van der Waals surface area contributed by atoms with Gasteiger partial charge in [-0.25, -0.2) is 4.98 Å². The zero-order valence-corrected chi connectivity index (χ0v) is 12.7. The van der Waals surface area contributed by atoms with E-state index in [-0.39, 0.29) is 11.9 Å². The molecule has 0 radical (unpaired) electrons. The van der Waals surface area contributed by atoms with Crippen LogP contribution in [0.1, 0.15) is 27.1 Å². The number of carbonyl (C=O) groups is 1. The molecule has 0 saturated carbocycles. The van der Waals surface area contributed by atoms with Crippen LogP contribution >= 0.6 is 11.3 Å². The van der Waals surface area contributed by atoms with Crippen molar-refractivity contribution in [3.8, 4) is 0 Å². The minimum absolute atomic E-state index is 0.0394. The minimum atomic E-state index is 0.0394. The van der Waals surface area contributed by atoms with Crippen molar-refractivity contribution < 1.29 is 4.79 Å². The Morgan fingerprint density at radius 1 is 1.18 bits per heavy atom. The van der Waals surface area contributed by atoms with Crippen molar-refractivity contribution in [1.82, 2.24) is 14.5 Å². The fraction of sp³-hybridized carbons (Fsp3) is 0.176. The Morgan fingerprint density at radius 3 is 2.82 bits per heavy atom. The molecule has 0 saturated heterocycles. The quantitative estimate of drug-likeness (QED) is 0.728. The van der Waals surface area contributed by atoms with Crippen LogP contribution < -0.4 is 0 Å². The molecule has 1 amide bonds. The van der Waals surface area contributed by atoms with E-state index < -0.39 is 0 Å². The molecule has 3 aromatic rings. The fourth-order valence-electron chi connectivity index (χ4n) is 2.92. The van der Waals surface area contributed by atoms with E-state index in [4.69, 9.17) is 0 Å². The van der Waals surface area contributed by atoms with Crippen LogP contribution in [0.4, 0.5) is 0 Å². The molecule has 0 fully saturated rings. The summed E-state index contributed by atoms with van der Waals surface area (Å²) in [6.07, 6.45) is 3.79. The number of carbonyl (C=O) groups excluding carboxylic acids is 1. The number of nitrogens with zero attached hydrogens (tertiary/aromatic N) is 3. The molecular formula is C17H15N3OS. The predicted molar refractivity (Wildman–Crippen MR) is 85.6 cm³/mol. The first-order valence-corrected chi connectivity index (χ1v) is 8.10. The zero-order chi connectivity index (χ0) is 14.9. The Morgan fingerprint density at radius 2 is 2.05 bits per heavy atom. The number of benzene rings is 1. The van der Waals surface area contributed by atoms with Gasteiger partial charge in [-0.2, -0.15) is 0 Å². The summed E-state index contributed by atoms with van der Waals surface area (Å²) in [5, 5.41) is 1.94. The van der Waals surface area contributed by atoms with Gasteiger partial charge in [-0.05, 0) is 17.0 Å². The van der Waals surface area contributed by atoms with Crippen LogP contribution in [-0.4, -0.2) is 20.4 Å². The predicted octanol–water partition coefficient (Wildman–Crippen LogP) is 3.34. The molecule has 0 spiro atoms. The lowest BCUT2D eigenvalue weighted by atomic mass is 10.0. The van der Waals surface area contributed by atoms with Gasteiger partial charge < -0.3 is 9.47 Å². The Kier molecular flexibility index (Phi) is 3.27. The molecule has 22 heavy (non-hydrogen) atoms. The van der Waals surface area contributed by atoms with Crippen LogP contribution in [0.5, 0.6) is 0 Å². The van der Waals surface area contributed by atoms with Crippen LogP contribution in [0.2, 0.25) is 0 Å². The maximum atomic E-state index is 12.9. The molecule has 3 heterocycles. The topological polar surface area (TPSA) is 38.1 Å². The number of thiophene rings is 1. The SMILES string of the molecule is O=C(c1cccs1)N1Cc2nccn2CC1c1ccccc1. The highest BCUT2D eigenvalue weighted by Crippen LogP contribution is 2.31. The van der Waals surface area contributed by atoms with Gasteiger partial charge in [-0.3, -0.25) is 4.79 Å². The van der Waals surface area contributed by atoms with Crippen molar-refractivity contribution in [2.24, 2.45) is 0 Å². The molecule has 4 rings (SSSR count). The van der Waals surface area contributed by atoms with Gasteiger partial charge in [0.25, 0.3) is 5.91 Å². The zero-order valence-electron chi connectivity index (χ0n) is 11.9. The molecule has 0 bridgehead atoms. The highest BCUT2D eigenvalue weighted by molar-refractivity contribution is 7.12. The van der Waals surface area contributed by atoms with Crippen molar-refractivity contribution in [3.05, 3.63) is 76.5 Å². The lowest BCUT2D eigenvalue weighted by molar-refractivity contribution is 0.0589. The van der Waals surface area contributed by atoms with Crippen molar-refractivity contribution >= 4 is 17.2 Å². The summed E-state index contributed by atoms with van der Waals surface area (Å²) in [5.74, 6) is 1.02. The van der Waals surface area contributed by atoms with Gasteiger partial charge >= 0.3 is 0 Å². The number of rotatable bonds is 2. The summed E-state index contributed by atoms with van der Waals surface area (Å²) in [6, 6.07) is 14.1. The molecule has 0 N–H and O–H groups in total. The Bertz CT molecular complexity index is 779. The highest BCUT2D eigenvalue weighted by Gasteiger charge is 2.32. The van der Waals surface area contributed by atoms with Crippen molar-refractivity contribution in [3.63, 3.8) is 0 Å². The van der Waals surface area contributed by atoms with Gasteiger partial charge in [-0.15, -0.1) is 11.3 Å². The van der Waals surface area contributed by atoms with E-state index in [9.17, 15) is 4.79 Å². The minimum Gasteiger partial charge on any atom is -0.331 e. The lowest BCUT2D eigenvalue weighted by Gasteiger charge is -2.36. The van der Waals surface area contributed by atoms with E-state index in [0.717, 1.165) is 22.8 Å². The molecule has 1 aliphatic heterocycles. The molecular weight excluding hydrogens is 294 g/mol. The molecule has 4 nitrogen and oxygen atoms in total. The molecule has 2 aromatic heterocycles. The number of imidazole rings is 1. The van der Waals surface area contributed by atoms with E-state index in [0.29, 0.717) is 6.54 Å². The molecule has 1 unspecified atom stereocenters. The average Bonchev–Trinajstić information content (AvgIpc) is 3.25. The fourth-order valence-corrected chi connectivity index (χ4v) is 3.60. The first-order chi connectivity index (χ1) is 10.8. The van der Waals surface area contributed by atoms with Gasteiger partial charge in [-0.1, -0.05) is 36.4 Å². The number of fused-ring (bicyclic) bond motifs is 1. The van der Waals surface area contributed by atoms with Crippen molar-refractivity contribution in [2.75, 3.05) is 0 Å². The number of hydrogen-bond acceptors (Lipinski definition) is 3. The smallest absolute Gasteiger partial charge is 0.264 e. The Balaban J connectivity index is 1.74. The standard InChI is InChI=1S/C17H15N3OS/c21-17(15-7-4-10-22-15)20-12-16-18-8-9-19(16)11-14(20)13-5-2-1-3-6-13/h1-10,14H,11-12H2. The van der Waals surface area contributed by atoms with Gasteiger partial charge in [0.05, 0.1) is 17.5 Å². The van der Waals surface area contributed by atoms with Crippen LogP contribution in [0.3, 0.4) is 0 Å². The molecule has 1 aromatic carbocycles. The first kappa shape index (κ1) is 13.3. The van der Waals surface area contributed by atoms with Crippen LogP contribution in [-0.2, 0) is 13.1 Å². The van der Waals surface area contributed by atoms with E-state index in [1.807, 2.05) is 46.8 Å². The Labute approximate surface area is 132 Å². The summed E-state index contributed by atoms with van der Waals surface area (Å²) < 4.78 is 2.13. The summed E-state index contributed by atoms with van der Waals surface area (Å²) in [6.45, 7) is 1.29. The van der Waals surface area contributed by atoms with Gasteiger partial charge in [0.2, 0.25) is 0 Å². The lowest BCUT2D eigenvalue weighted by Crippen LogP contribution is -2.40. The third-order valence-electron chi connectivity index (χ3n) is 4.04.